The molecule has 2 rings (SSSR count). The van der Waals surface area contributed by atoms with Gasteiger partial charge in [0.1, 0.15) is 5.78 Å². The van der Waals surface area contributed by atoms with Crippen molar-refractivity contribution in [2.75, 3.05) is 7.11 Å². The van der Waals surface area contributed by atoms with E-state index in [1.165, 1.54) is 0 Å². The number of fused-ring (bicyclic) bond motifs is 1. The number of Topliss-reactive ketones (excluding diaryl/α,β-unsaturated/α-hetero) is 1. The lowest BCUT2D eigenvalue weighted by Crippen LogP contribution is -2.07. The molecule has 0 aromatic heterocycles. The summed E-state index contributed by atoms with van der Waals surface area (Å²) in [5.41, 5.74) is 0. The van der Waals surface area contributed by atoms with Crippen molar-refractivity contribution >= 4 is 5.78 Å². The van der Waals surface area contributed by atoms with Gasteiger partial charge >= 0.3 is 0 Å². The van der Waals surface area contributed by atoms with E-state index < -0.39 is 0 Å². The van der Waals surface area contributed by atoms with Crippen LogP contribution >= 0.6 is 0 Å². The summed E-state index contributed by atoms with van der Waals surface area (Å²) >= 11 is 0. The Morgan fingerprint density at radius 1 is 1.27 bits per heavy atom. The molecule has 11 heavy (non-hydrogen) atoms. The van der Waals surface area contributed by atoms with Gasteiger partial charge in [-0.15, -0.1) is 0 Å². The van der Waals surface area contributed by atoms with Gasteiger partial charge in [0.05, 0.1) is 6.10 Å². The fraction of sp³-hybridized carbons (Fsp3) is 0.889. The van der Waals surface area contributed by atoms with E-state index in [2.05, 4.69) is 0 Å². The Labute approximate surface area is 66.9 Å². The van der Waals surface area contributed by atoms with Gasteiger partial charge in [-0.1, -0.05) is 0 Å². The minimum atomic E-state index is 0.443. The van der Waals surface area contributed by atoms with Crippen LogP contribution in [-0.2, 0) is 9.53 Å². The topological polar surface area (TPSA) is 26.3 Å². The lowest BCUT2D eigenvalue weighted by molar-refractivity contribution is -0.118. The molecule has 0 radical (unpaired) electrons. The van der Waals surface area contributed by atoms with Crippen molar-refractivity contribution in [1.29, 1.82) is 0 Å². The summed E-state index contributed by atoms with van der Waals surface area (Å²) in [7, 11) is 1.77. The highest BCUT2D eigenvalue weighted by Gasteiger charge is 2.40. The van der Waals surface area contributed by atoms with E-state index in [4.69, 9.17) is 4.74 Å². The van der Waals surface area contributed by atoms with E-state index >= 15 is 0 Å². The molecule has 0 heterocycles. The van der Waals surface area contributed by atoms with Crippen LogP contribution in [0.15, 0.2) is 0 Å². The largest absolute Gasteiger partial charge is 0.381 e. The van der Waals surface area contributed by atoms with Crippen LogP contribution in [0, 0.1) is 11.8 Å². The maximum Gasteiger partial charge on any atom is 0.133 e. The zero-order valence-corrected chi connectivity index (χ0v) is 6.88. The van der Waals surface area contributed by atoms with Crippen LogP contribution in [0.3, 0.4) is 0 Å². The first kappa shape index (κ1) is 7.29. The van der Waals surface area contributed by atoms with Gasteiger partial charge < -0.3 is 4.74 Å². The van der Waals surface area contributed by atoms with Gasteiger partial charge in [0.25, 0.3) is 0 Å². The van der Waals surface area contributed by atoms with Gasteiger partial charge in [-0.2, -0.15) is 0 Å². The second-order valence-electron chi connectivity index (χ2n) is 3.80. The molecular weight excluding hydrogens is 140 g/mol. The molecule has 2 heteroatoms. The Bertz CT molecular complexity index is 160. The molecule has 2 fully saturated rings. The maximum absolute atomic E-state index is 11.0. The van der Waals surface area contributed by atoms with Crippen LogP contribution in [0.1, 0.15) is 25.7 Å². The third-order valence-electron chi connectivity index (χ3n) is 3.11. The molecule has 2 saturated carbocycles. The van der Waals surface area contributed by atoms with E-state index in [-0.39, 0.29) is 0 Å². The Hall–Kier alpha value is -0.370. The molecule has 0 aromatic rings. The van der Waals surface area contributed by atoms with Crippen molar-refractivity contribution in [3.8, 4) is 0 Å². The quantitative estimate of drug-likeness (QED) is 0.570. The number of methoxy groups -OCH3 is 1. The highest BCUT2D eigenvalue weighted by atomic mass is 16.5. The van der Waals surface area contributed by atoms with Gasteiger partial charge in [0.15, 0.2) is 0 Å². The first-order valence-corrected chi connectivity index (χ1v) is 4.34. The fourth-order valence-corrected chi connectivity index (χ4v) is 2.52. The number of ether oxygens (including phenoxy) is 1. The average molecular weight is 154 g/mol. The highest BCUT2D eigenvalue weighted by molar-refractivity contribution is 5.81. The van der Waals surface area contributed by atoms with Crippen molar-refractivity contribution in [2.24, 2.45) is 11.8 Å². The first-order chi connectivity index (χ1) is 5.29. The van der Waals surface area contributed by atoms with Crippen LogP contribution in [0.5, 0.6) is 0 Å². The van der Waals surface area contributed by atoms with Crippen molar-refractivity contribution in [3.05, 3.63) is 0 Å². The number of hydrogen-bond donors (Lipinski definition) is 0. The summed E-state index contributed by atoms with van der Waals surface area (Å²) in [5.74, 6) is 1.79. The second kappa shape index (κ2) is 2.59. The lowest BCUT2D eigenvalue weighted by Gasteiger charge is -2.06. The molecule has 2 atom stereocenters. The average Bonchev–Trinajstić information content (AvgIpc) is 2.43. The summed E-state index contributed by atoms with van der Waals surface area (Å²) in [4.78, 5) is 11.0. The van der Waals surface area contributed by atoms with E-state index in [0.717, 1.165) is 25.7 Å². The smallest absolute Gasteiger partial charge is 0.133 e. The van der Waals surface area contributed by atoms with Crippen LogP contribution in [0.2, 0.25) is 0 Å². The molecule has 0 aromatic carbocycles. The third-order valence-corrected chi connectivity index (χ3v) is 3.11. The highest BCUT2D eigenvalue weighted by Crippen LogP contribution is 2.43. The van der Waals surface area contributed by atoms with Crippen molar-refractivity contribution in [2.45, 2.75) is 31.8 Å². The fourth-order valence-electron chi connectivity index (χ4n) is 2.52. The third kappa shape index (κ3) is 1.20. The standard InChI is InChI=1S/C9H14O2/c1-11-9-4-6-2-8(10)3-7(6)5-9/h6-7,9H,2-5H2,1H3. The van der Waals surface area contributed by atoms with E-state index in [1.54, 1.807) is 7.11 Å². The molecule has 2 aliphatic carbocycles. The van der Waals surface area contributed by atoms with E-state index in [1.807, 2.05) is 0 Å². The van der Waals surface area contributed by atoms with E-state index in [9.17, 15) is 4.79 Å². The first-order valence-electron chi connectivity index (χ1n) is 4.34. The maximum atomic E-state index is 11.0. The SMILES string of the molecule is COC1CC2CC(=O)CC2C1. The van der Waals surface area contributed by atoms with Crippen LogP contribution in [-0.4, -0.2) is 19.0 Å². The Balaban J connectivity index is 1.98. The molecule has 2 unspecified atom stereocenters. The minimum Gasteiger partial charge on any atom is -0.381 e. The monoisotopic (exact) mass is 154 g/mol. The number of ketones is 1. The molecule has 2 aliphatic rings. The molecule has 0 N–H and O–H groups in total. The van der Waals surface area contributed by atoms with Crippen LogP contribution in [0.4, 0.5) is 0 Å². The Morgan fingerprint density at radius 3 is 2.27 bits per heavy atom. The normalized spacial score (nSPS) is 43.0. The molecular formula is C9H14O2. The van der Waals surface area contributed by atoms with E-state index in [0.29, 0.717) is 23.7 Å². The van der Waals surface area contributed by atoms with Gasteiger partial charge in [0.2, 0.25) is 0 Å². The number of carbonyl (C=O) groups is 1. The Morgan fingerprint density at radius 2 is 1.82 bits per heavy atom. The predicted molar refractivity (Wildman–Crippen MR) is 41.3 cm³/mol. The summed E-state index contributed by atoms with van der Waals surface area (Å²) in [5, 5.41) is 0. The summed E-state index contributed by atoms with van der Waals surface area (Å²) in [6.45, 7) is 0. The molecule has 0 amide bonds. The molecule has 0 aliphatic heterocycles. The molecule has 0 bridgehead atoms. The van der Waals surface area contributed by atoms with Crippen molar-refractivity contribution in [1.82, 2.24) is 0 Å². The Kier molecular flexibility index (Phi) is 1.72. The summed E-state index contributed by atoms with van der Waals surface area (Å²) < 4.78 is 5.27. The number of rotatable bonds is 1. The van der Waals surface area contributed by atoms with Crippen molar-refractivity contribution < 1.29 is 9.53 Å². The van der Waals surface area contributed by atoms with Gasteiger partial charge in [-0.25, -0.2) is 0 Å². The predicted octanol–water partition coefficient (Wildman–Crippen LogP) is 1.39. The van der Waals surface area contributed by atoms with Gasteiger partial charge in [0, 0.05) is 20.0 Å². The zero-order chi connectivity index (χ0) is 7.84. The second-order valence-corrected chi connectivity index (χ2v) is 3.80. The zero-order valence-electron chi connectivity index (χ0n) is 6.88. The number of carbonyl (C=O) groups excluding carboxylic acids is 1. The lowest BCUT2D eigenvalue weighted by atomic mass is 10.0. The molecule has 62 valence electrons. The van der Waals surface area contributed by atoms with Crippen LogP contribution < -0.4 is 0 Å². The molecule has 0 saturated heterocycles. The molecule has 0 spiro atoms. The van der Waals surface area contributed by atoms with Crippen LogP contribution in [0.25, 0.3) is 0 Å². The van der Waals surface area contributed by atoms with Gasteiger partial charge in [-0.3, -0.25) is 4.79 Å². The van der Waals surface area contributed by atoms with Crippen molar-refractivity contribution in [3.63, 3.8) is 0 Å². The minimum absolute atomic E-state index is 0.443. The molecule has 2 nitrogen and oxygen atoms in total. The summed E-state index contributed by atoms with van der Waals surface area (Å²) in [6.07, 6.45) is 4.33. The number of hydrogen-bond acceptors (Lipinski definition) is 2. The van der Waals surface area contributed by atoms with Gasteiger partial charge in [-0.05, 0) is 24.7 Å². The summed E-state index contributed by atoms with van der Waals surface area (Å²) in [6, 6.07) is 0.